The van der Waals surface area contributed by atoms with E-state index < -0.39 is 11.9 Å². The Morgan fingerprint density at radius 3 is 2.61 bits per heavy atom. The van der Waals surface area contributed by atoms with Gasteiger partial charge in [0.05, 0.1) is 0 Å². The van der Waals surface area contributed by atoms with E-state index in [2.05, 4.69) is 25.5 Å². The molecule has 1 aliphatic rings. The van der Waals surface area contributed by atoms with Gasteiger partial charge in [0, 0.05) is 26.2 Å². The Bertz CT molecular complexity index is 698. The second-order valence-corrected chi connectivity index (χ2v) is 7.37. The van der Waals surface area contributed by atoms with E-state index in [1.165, 1.54) is 16.2 Å². The fraction of sp³-hybridized carbons (Fsp3) is 0.500. The Balaban J connectivity index is 1.83. The second-order valence-electron chi connectivity index (χ2n) is 5.18. The van der Waals surface area contributed by atoms with E-state index in [1.54, 1.807) is 14.1 Å². The first-order valence-electron chi connectivity index (χ1n) is 6.73. The summed E-state index contributed by atoms with van der Waals surface area (Å²) in [5.41, 5.74) is -0.973. The van der Waals surface area contributed by atoms with Crippen LogP contribution in [0.3, 0.4) is 0 Å². The average Bonchev–Trinajstić information content (AvgIpc) is 3.16. The highest BCUT2D eigenvalue weighted by Gasteiger charge is 2.34. The van der Waals surface area contributed by atoms with E-state index in [9.17, 15) is 13.2 Å². The zero-order chi connectivity index (χ0) is 16.6. The molecule has 2 aromatic heterocycles. The van der Waals surface area contributed by atoms with Crippen LogP contribution in [0.25, 0.3) is 0 Å². The summed E-state index contributed by atoms with van der Waals surface area (Å²) in [4.78, 5) is 9.21. The lowest BCUT2D eigenvalue weighted by Gasteiger charge is -2.14. The zero-order valence-corrected chi connectivity index (χ0v) is 13.9. The molecule has 124 valence electrons. The Hall–Kier alpha value is -1.62. The van der Waals surface area contributed by atoms with Crippen LogP contribution in [0.4, 0.5) is 24.1 Å². The van der Waals surface area contributed by atoms with Crippen LogP contribution in [-0.2, 0) is 6.18 Å². The van der Waals surface area contributed by atoms with E-state index in [4.69, 9.17) is 0 Å². The lowest BCUT2D eigenvalue weighted by Crippen LogP contribution is -2.15. The predicted molar refractivity (Wildman–Crippen MR) is 82.0 cm³/mol. The summed E-state index contributed by atoms with van der Waals surface area (Å²) in [6.45, 7) is 0. The molecular weight excluding hydrogens is 349 g/mol. The molecular formula is C12H13F3N6S2. The molecule has 2 heterocycles. The third kappa shape index (κ3) is 4.22. The summed E-state index contributed by atoms with van der Waals surface area (Å²) in [5.74, 6) is 0.190. The number of nitrogens with zero attached hydrogens (tertiary/aromatic N) is 5. The fourth-order valence-corrected chi connectivity index (χ4v) is 3.32. The van der Waals surface area contributed by atoms with Crippen molar-refractivity contribution in [3.63, 3.8) is 0 Å². The third-order valence-corrected chi connectivity index (χ3v) is 4.70. The van der Waals surface area contributed by atoms with Gasteiger partial charge in [0.1, 0.15) is 5.82 Å². The van der Waals surface area contributed by atoms with Crippen molar-refractivity contribution in [3.8, 4) is 0 Å². The molecule has 0 amide bonds. The van der Waals surface area contributed by atoms with Crippen LogP contribution in [0.1, 0.15) is 18.5 Å². The molecule has 2 aromatic rings. The van der Waals surface area contributed by atoms with Crippen molar-refractivity contribution >= 4 is 34.0 Å². The third-order valence-electron chi connectivity index (χ3n) is 2.93. The predicted octanol–water partition coefficient (Wildman–Crippen LogP) is 3.14. The Kier molecular flexibility index (Phi) is 4.32. The van der Waals surface area contributed by atoms with Gasteiger partial charge in [-0.15, -0.1) is 10.2 Å². The van der Waals surface area contributed by atoms with E-state index in [0.717, 1.165) is 30.7 Å². The van der Waals surface area contributed by atoms with Crippen LogP contribution in [0.15, 0.2) is 15.6 Å². The first-order chi connectivity index (χ1) is 10.8. The number of alkyl halides is 3. The van der Waals surface area contributed by atoms with E-state index in [-0.39, 0.29) is 11.0 Å². The van der Waals surface area contributed by atoms with Crippen LogP contribution in [0, 0.1) is 0 Å². The highest BCUT2D eigenvalue weighted by molar-refractivity contribution is 8.00. The minimum Gasteiger partial charge on any atom is -0.363 e. The van der Waals surface area contributed by atoms with Gasteiger partial charge in [-0.2, -0.15) is 13.2 Å². The van der Waals surface area contributed by atoms with Crippen molar-refractivity contribution in [2.75, 3.05) is 24.3 Å². The highest BCUT2D eigenvalue weighted by atomic mass is 32.2. The minimum atomic E-state index is -4.52. The molecule has 0 spiro atoms. The van der Waals surface area contributed by atoms with Gasteiger partial charge in [-0.1, -0.05) is 11.3 Å². The maximum atomic E-state index is 13.0. The zero-order valence-electron chi connectivity index (χ0n) is 12.3. The summed E-state index contributed by atoms with van der Waals surface area (Å²) >= 11 is 2.25. The van der Waals surface area contributed by atoms with Gasteiger partial charge in [-0.3, -0.25) is 0 Å². The molecule has 0 aliphatic heterocycles. The molecule has 0 atom stereocenters. The van der Waals surface area contributed by atoms with E-state index in [1.807, 2.05) is 0 Å². The molecule has 0 aromatic carbocycles. The molecule has 23 heavy (non-hydrogen) atoms. The molecule has 11 heteroatoms. The average molecular weight is 362 g/mol. The Morgan fingerprint density at radius 2 is 2.00 bits per heavy atom. The highest BCUT2D eigenvalue weighted by Crippen LogP contribution is 2.35. The maximum absolute atomic E-state index is 13.0. The number of nitrogens with one attached hydrogen (secondary N) is 1. The molecule has 0 saturated heterocycles. The molecule has 0 unspecified atom stereocenters. The summed E-state index contributed by atoms with van der Waals surface area (Å²) in [7, 11) is 3.25. The molecule has 3 rings (SSSR count). The summed E-state index contributed by atoms with van der Waals surface area (Å²) in [6, 6.07) is 1.36. The quantitative estimate of drug-likeness (QED) is 0.820. The number of hydrogen-bond donors (Lipinski definition) is 1. The second kappa shape index (κ2) is 6.11. The van der Waals surface area contributed by atoms with Crippen LogP contribution in [-0.4, -0.2) is 40.3 Å². The molecule has 1 N–H and O–H groups in total. The summed E-state index contributed by atoms with van der Waals surface area (Å²) < 4.78 is 39.4. The summed E-state index contributed by atoms with van der Waals surface area (Å²) in [6.07, 6.45) is -2.32. The minimum absolute atomic E-state index is 0.00218. The summed E-state index contributed by atoms with van der Waals surface area (Å²) in [5, 5.41) is 11.8. The van der Waals surface area contributed by atoms with Crippen LogP contribution in [0.5, 0.6) is 0 Å². The van der Waals surface area contributed by atoms with Crippen molar-refractivity contribution in [2.24, 2.45) is 0 Å². The van der Waals surface area contributed by atoms with Crippen molar-refractivity contribution in [1.29, 1.82) is 0 Å². The molecule has 1 fully saturated rings. The van der Waals surface area contributed by atoms with Gasteiger partial charge in [0.2, 0.25) is 5.13 Å². The van der Waals surface area contributed by atoms with Gasteiger partial charge < -0.3 is 10.2 Å². The van der Waals surface area contributed by atoms with Crippen LogP contribution < -0.4 is 10.2 Å². The standard InChI is InChI=1S/C12H13F3N6S2/c1-21(2)8-5-7(12(13,14)15)17-9(18-8)22-11-20-19-10(23-11)16-6-3-4-6/h5-6H,3-4H2,1-2H3,(H,16,19). The normalized spacial score (nSPS) is 14.8. The molecule has 6 nitrogen and oxygen atoms in total. The molecule has 0 radical (unpaired) electrons. The van der Waals surface area contributed by atoms with Gasteiger partial charge in [-0.05, 0) is 24.6 Å². The van der Waals surface area contributed by atoms with Crippen molar-refractivity contribution in [3.05, 3.63) is 11.8 Å². The van der Waals surface area contributed by atoms with Crippen molar-refractivity contribution < 1.29 is 13.2 Å². The van der Waals surface area contributed by atoms with Crippen molar-refractivity contribution in [2.45, 2.75) is 34.6 Å². The number of aromatic nitrogens is 4. The fourth-order valence-electron chi connectivity index (χ4n) is 1.62. The van der Waals surface area contributed by atoms with Crippen LogP contribution in [0.2, 0.25) is 0 Å². The number of hydrogen-bond acceptors (Lipinski definition) is 8. The number of rotatable bonds is 5. The van der Waals surface area contributed by atoms with Gasteiger partial charge >= 0.3 is 6.18 Å². The van der Waals surface area contributed by atoms with E-state index in [0.29, 0.717) is 15.5 Å². The first kappa shape index (κ1) is 16.2. The van der Waals surface area contributed by atoms with Gasteiger partial charge in [0.25, 0.3) is 0 Å². The molecule has 1 aliphatic carbocycles. The number of anilines is 2. The monoisotopic (exact) mass is 362 g/mol. The van der Waals surface area contributed by atoms with Crippen LogP contribution >= 0.6 is 23.1 Å². The van der Waals surface area contributed by atoms with Crippen molar-refractivity contribution in [1.82, 2.24) is 20.2 Å². The lowest BCUT2D eigenvalue weighted by molar-refractivity contribution is -0.141. The molecule has 1 saturated carbocycles. The maximum Gasteiger partial charge on any atom is 0.433 e. The Morgan fingerprint density at radius 1 is 1.26 bits per heavy atom. The first-order valence-corrected chi connectivity index (χ1v) is 8.36. The Labute approximate surface area is 138 Å². The van der Waals surface area contributed by atoms with Gasteiger partial charge in [0.15, 0.2) is 15.2 Å². The largest absolute Gasteiger partial charge is 0.433 e. The lowest BCUT2D eigenvalue weighted by atomic mass is 10.4. The molecule has 0 bridgehead atoms. The van der Waals surface area contributed by atoms with E-state index >= 15 is 0 Å². The number of halogens is 3. The SMILES string of the molecule is CN(C)c1cc(C(F)(F)F)nc(Sc2nnc(NC3CC3)s2)n1. The smallest absolute Gasteiger partial charge is 0.363 e. The topological polar surface area (TPSA) is 66.8 Å². The van der Waals surface area contributed by atoms with Gasteiger partial charge in [-0.25, -0.2) is 9.97 Å².